The van der Waals surface area contributed by atoms with E-state index in [9.17, 15) is 4.79 Å². The maximum absolute atomic E-state index is 10.4. The molecule has 4 heteroatoms. The Morgan fingerprint density at radius 2 is 2.33 bits per heavy atom. The van der Waals surface area contributed by atoms with Crippen LogP contribution in [0.4, 0.5) is 4.79 Å². The summed E-state index contributed by atoms with van der Waals surface area (Å²) in [6.07, 6.45) is 3.52. The fourth-order valence-corrected chi connectivity index (χ4v) is 2.31. The lowest BCUT2D eigenvalue weighted by molar-refractivity contribution is 0.150. The molecule has 1 spiro atoms. The lowest BCUT2D eigenvalue weighted by atomic mass is 9.73. The number of amides is 1. The van der Waals surface area contributed by atoms with Crippen LogP contribution in [-0.2, 0) is 0 Å². The number of carbonyl (C=O) groups is 1. The van der Waals surface area contributed by atoms with E-state index in [1.807, 2.05) is 0 Å². The fourth-order valence-electron chi connectivity index (χ4n) is 2.31. The average Bonchev–Trinajstić information content (AvgIpc) is 2.28. The molecule has 1 amide bonds. The SMILES string of the molecule is O=C(O)NC1CCNC12CCC2. The zero-order valence-corrected chi connectivity index (χ0v) is 6.97. The minimum Gasteiger partial charge on any atom is -0.465 e. The molecular weight excluding hydrogens is 156 g/mol. The summed E-state index contributed by atoms with van der Waals surface area (Å²) in [7, 11) is 0. The van der Waals surface area contributed by atoms with E-state index < -0.39 is 6.09 Å². The standard InChI is InChI=1S/C8H14N2O2/c11-7(12)10-6-2-5-9-8(6)3-1-4-8/h6,9-10H,1-5H2,(H,11,12). The van der Waals surface area contributed by atoms with Gasteiger partial charge in [-0.25, -0.2) is 4.79 Å². The van der Waals surface area contributed by atoms with Crippen LogP contribution in [0.1, 0.15) is 25.7 Å². The maximum atomic E-state index is 10.4. The molecule has 2 aliphatic rings. The lowest BCUT2D eigenvalue weighted by Crippen LogP contribution is -2.58. The molecule has 3 N–H and O–H groups in total. The third-order valence-electron chi connectivity index (χ3n) is 3.12. The molecule has 0 bridgehead atoms. The normalized spacial score (nSPS) is 31.5. The van der Waals surface area contributed by atoms with E-state index in [1.165, 1.54) is 6.42 Å². The van der Waals surface area contributed by atoms with Crippen molar-refractivity contribution >= 4 is 6.09 Å². The highest BCUT2D eigenvalue weighted by molar-refractivity contribution is 5.65. The zero-order valence-electron chi connectivity index (χ0n) is 6.97. The maximum Gasteiger partial charge on any atom is 0.404 e. The van der Waals surface area contributed by atoms with Crippen molar-refractivity contribution in [2.24, 2.45) is 0 Å². The van der Waals surface area contributed by atoms with Gasteiger partial charge in [-0.3, -0.25) is 0 Å². The van der Waals surface area contributed by atoms with Gasteiger partial charge in [-0.2, -0.15) is 0 Å². The largest absolute Gasteiger partial charge is 0.465 e. The van der Waals surface area contributed by atoms with E-state index in [-0.39, 0.29) is 11.6 Å². The smallest absolute Gasteiger partial charge is 0.404 e. The zero-order chi connectivity index (χ0) is 8.60. The monoisotopic (exact) mass is 170 g/mol. The van der Waals surface area contributed by atoms with Crippen molar-refractivity contribution in [1.29, 1.82) is 0 Å². The van der Waals surface area contributed by atoms with Crippen LogP contribution in [0.5, 0.6) is 0 Å². The van der Waals surface area contributed by atoms with Crippen molar-refractivity contribution < 1.29 is 9.90 Å². The minimum absolute atomic E-state index is 0.123. The van der Waals surface area contributed by atoms with Crippen molar-refractivity contribution in [3.05, 3.63) is 0 Å². The summed E-state index contributed by atoms with van der Waals surface area (Å²) in [5.74, 6) is 0. The molecule has 1 aliphatic carbocycles. The molecule has 0 radical (unpaired) electrons. The molecule has 0 aromatic carbocycles. The summed E-state index contributed by atoms with van der Waals surface area (Å²) >= 11 is 0. The molecule has 2 rings (SSSR count). The van der Waals surface area contributed by atoms with Gasteiger partial charge in [0.15, 0.2) is 0 Å². The molecule has 0 aromatic heterocycles. The summed E-state index contributed by atoms with van der Waals surface area (Å²) < 4.78 is 0. The van der Waals surface area contributed by atoms with Crippen LogP contribution >= 0.6 is 0 Å². The Labute approximate surface area is 71.3 Å². The molecule has 1 saturated carbocycles. The van der Waals surface area contributed by atoms with Crippen molar-refractivity contribution in [2.45, 2.75) is 37.3 Å². The van der Waals surface area contributed by atoms with Crippen LogP contribution in [0, 0.1) is 0 Å². The fraction of sp³-hybridized carbons (Fsp3) is 0.875. The highest BCUT2D eigenvalue weighted by atomic mass is 16.4. The van der Waals surface area contributed by atoms with Crippen LogP contribution in [0.15, 0.2) is 0 Å². The first-order valence-electron chi connectivity index (χ1n) is 4.47. The van der Waals surface area contributed by atoms with Gasteiger partial charge >= 0.3 is 6.09 Å². The number of hydrogen-bond acceptors (Lipinski definition) is 2. The van der Waals surface area contributed by atoms with Crippen LogP contribution in [0.3, 0.4) is 0 Å². The molecule has 0 aromatic rings. The Morgan fingerprint density at radius 1 is 1.58 bits per heavy atom. The number of hydrogen-bond donors (Lipinski definition) is 3. The Bertz CT molecular complexity index is 201. The van der Waals surface area contributed by atoms with Gasteiger partial charge in [0.1, 0.15) is 0 Å². The molecule has 1 heterocycles. The van der Waals surface area contributed by atoms with Crippen LogP contribution in [-0.4, -0.2) is 29.3 Å². The second-order valence-electron chi connectivity index (χ2n) is 3.73. The Balaban J connectivity index is 1.99. The highest BCUT2D eigenvalue weighted by Crippen LogP contribution is 2.38. The quantitative estimate of drug-likeness (QED) is 0.538. The molecule has 4 nitrogen and oxygen atoms in total. The third-order valence-corrected chi connectivity index (χ3v) is 3.12. The van der Waals surface area contributed by atoms with Crippen molar-refractivity contribution in [3.8, 4) is 0 Å². The first kappa shape index (κ1) is 7.86. The van der Waals surface area contributed by atoms with Gasteiger partial charge in [0.2, 0.25) is 0 Å². The molecule has 1 atom stereocenters. The second-order valence-corrected chi connectivity index (χ2v) is 3.73. The van der Waals surface area contributed by atoms with Gasteiger partial charge in [-0.05, 0) is 32.2 Å². The van der Waals surface area contributed by atoms with E-state index in [1.54, 1.807) is 0 Å². The topological polar surface area (TPSA) is 61.4 Å². The second kappa shape index (κ2) is 2.62. The predicted octanol–water partition coefficient (Wildman–Crippen LogP) is 0.539. The van der Waals surface area contributed by atoms with Crippen molar-refractivity contribution in [2.75, 3.05) is 6.54 Å². The third kappa shape index (κ3) is 1.06. The number of nitrogens with one attached hydrogen (secondary N) is 2. The molecule has 1 unspecified atom stereocenters. The van der Waals surface area contributed by atoms with Gasteiger partial charge in [-0.15, -0.1) is 0 Å². The summed E-state index contributed by atoms with van der Waals surface area (Å²) in [6.45, 7) is 0.949. The van der Waals surface area contributed by atoms with Gasteiger partial charge in [-0.1, -0.05) is 0 Å². The average molecular weight is 170 g/mol. The molecule has 1 aliphatic heterocycles. The van der Waals surface area contributed by atoms with Crippen molar-refractivity contribution in [1.82, 2.24) is 10.6 Å². The van der Waals surface area contributed by atoms with Crippen LogP contribution < -0.4 is 10.6 Å². The highest BCUT2D eigenvalue weighted by Gasteiger charge is 2.47. The first-order chi connectivity index (χ1) is 5.73. The summed E-state index contributed by atoms with van der Waals surface area (Å²) in [4.78, 5) is 10.4. The van der Waals surface area contributed by atoms with Gasteiger partial charge < -0.3 is 15.7 Å². The molecule has 12 heavy (non-hydrogen) atoms. The van der Waals surface area contributed by atoms with E-state index in [4.69, 9.17) is 5.11 Å². The molecule has 2 fully saturated rings. The van der Waals surface area contributed by atoms with Gasteiger partial charge in [0, 0.05) is 5.54 Å². The van der Waals surface area contributed by atoms with E-state index in [2.05, 4.69) is 10.6 Å². The van der Waals surface area contributed by atoms with Crippen molar-refractivity contribution in [3.63, 3.8) is 0 Å². The van der Waals surface area contributed by atoms with Crippen LogP contribution in [0.2, 0.25) is 0 Å². The number of carboxylic acid groups (broad SMARTS) is 1. The van der Waals surface area contributed by atoms with Gasteiger partial charge in [0.25, 0.3) is 0 Å². The van der Waals surface area contributed by atoms with Gasteiger partial charge in [0.05, 0.1) is 6.04 Å². The molecule has 68 valence electrons. The summed E-state index contributed by atoms with van der Waals surface area (Å²) in [5, 5.41) is 14.6. The Kier molecular flexibility index (Phi) is 1.72. The molecular formula is C8H14N2O2. The van der Waals surface area contributed by atoms with Crippen LogP contribution in [0.25, 0.3) is 0 Å². The lowest BCUT2D eigenvalue weighted by Gasteiger charge is -2.43. The molecule has 1 saturated heterocycles. The minimum atomic E-state index is -0.894. The summed E-state index contributed by atoms with van der Waals surface area (Å²) in [5.41, 5.74) is 0.123. The van der Waals surface area contributed by atoms with E-state index in [0.29, 0.717) is 0 Å². The first-order valence-corrected chi connectivity index (χ1v) is 4.47. The summed E-state index contributed by atoms with van der Waals surface area (Å²) in [6, 6.07) is 0.142. The predicted molar refractivity (Wildman–Crippen MR) is 44.2 cm³/mol. The Morgan fingerprint density at radius 3 is 2.83 bits per heavy atom. The van der Waals surface area contributed by atoms with E-state index >= 15 is 0 Å². The number of rotatable bonds is 1. The van der Waals surface area contributed by atoms with E-state index in [0.717, 1.165) is 25.8 Å². The Hall–Kier alpha value is -0.770.